The molecule has 0 spiro atoms. The Kier molecular flexibility index (Phi) is 2.69. The topological polar surface area (TPSA) is 32.3 Å². The fourth-order valence-corrected chi connectivity index (χ4v) is 3.13. The van der Waals surface area contributed by atoms with Crippen LogP contribution in [0.25, 0.3) is 5.70 Å². The highest BCUT2D eigenvalue weighted by Crippen LogP contribution is 2.32. The average Bonchev–Trinajstić information content (AvgIpc) is 3.06. The van der Waals surface area contributed by atoms with Crippen LogP contribution in [-0.2, 0) is 19.6 Å². The number of carbonyl (C=O) groups excluding carboxylic acids is 1. The van der Waals surface area contributed by atoms with Gasteiger partial charge in [0.1, 0.15) is 0 Å². The summed E-state index contributed by atoms with van der Waals surface area (Å²) >= 11 is 0. The summed E-state index contributed by atoms with van der Waals surface area (Å²) in [7, 11) is 0. The Hall–Kier alpha value is -2.39. The minimum Gasteiger partial charge on any atom is -0.309 e. The van der Waals surface area contributed by atoms with Gasteiger partial charge in [0.05, 0.1) is 6.54 Å². The molecule has 2 aromatic rings. The first-order valence-corrected chi connectivity index (χ1v) is 7.15. The molecule has 0 bridgehead atoms. The van der Waals surface area contributed by atoms with E-state index < -0.39 is 0 Å². The molecule has 0 aliphatic carbocycles. The summed E-state index contributed by atoms with van der Waals surface area (Å²) in [6.45, 7) is 6.53. The van der Waals surface area contributed by atoms with E-state index in [2.05, 4.69) is 30.1 Å². The summed E-state index contributed by atoms with van der Waals surface area (Å²) in [5.74, 6) is 0.0502. The van der Waals surface area contributed by atoms with E-state index in [0.717, 1.165) is 35.5 Å². The predicted molar refractivity (Wildman–Crippen MR) is 82.3 cm³/mol. The Balaban J connectivity index is 1.64. The van der Waals surface area contributed by atoms with Crippen LogP contribution in [0, 0.1) is 0 Å². The quantitative estimate of drug-likeness (QED) is 0.914. The van der Waals surface area contributed by atoms with E-state index in [-0.39, 0.29) is 5.91 Å². The molecule has 0 radical (unpaired) electrons. The molecule has 0 saturated carbocycles. The molecule has 0 unspecified atom stereocenters. The lowest BCUT2D eigenvalue weighted by Gasteiger charge is -2.18. The lowest BCUT2D eigenvalue weighted by molar-refractivity contribution is 0.0843. The summed E-state index contributed by atoms with van der Waals surface area (Å²) in [4.78, 5) is 14.3. The van der Waals surface area contributed by atoms with E-state index >= 15 is 0 Å². The van der Waals surface area contributed by atoms with Crippen molar-refractivity contribution in [1.82, 2.24) is 10.2 Å². The summed E-state index contributed by atoms with van der Waals surface area (Å²) in [6.07, 6.45) is 0. The van der Waals surface area contributed by atoms with E-state index in [1.165, 1.54) is 11.1 Å². The fourth-order valence-electron chi connectivity index (χ4n) is 3.13. The van der Waals surface area contributed by atoms with Gasteiger partial charge in [-0.05, 0) is 22.8 Å². The van der Waals surface area contributed by atoms with Gasteiger partial charge in [0.25, 0.3) is 5.91 Å². The highest BCUT2D eigenvalue weighted by Gasteiger charge is 2.30. The van der Waals surface area contributed by atoms with Crippen molar-refractivity contribution in [1.29, 1.82) is 0 Å². The lowest BCUT2D eigenvalue weighted by atomic mass is 10.1. The number of hydrogen-bond acceptors (Lipinski definition) is 2. The zero-order valence-corrected chi connectivity index (χ0v) is 11.7. The minimum absolute atomic E-state index is 0.0502. The summed E-state index contributed by atoms with van der Waals surface area (Å²) in [5.41, 5.74) is 6.35. The molecule has 0 saturated heterocycles. The highest BCUT2D eigenvalue weighted by atomic mass is 16.2. The number of benzene rings is 2. The number of rotatable bonds is 2. The number of nitrogens with one attached hydrogen (secondary N) is 1. The van der Waals surface area contributed by atoms with Crippen molar-refractivity contribution in [2.24, 2.45) is 0 Å². The van der Waals surface area contributed by atoms with Crippen molar-refractivity contribution in [3.8, 4) is 0 Å². The van der Waals surface area contributed by atoms with Gasteiger partial charge in [-0.2, -0.15) is 0 Å². The first kappa shape index (κ1) is 12.4. The van der Waals surface area contributed by atoms with Gasteiger partial charge >= 0.3 is 0 Å². The van der Waals surface area contributed by atoms with Gasteiger partial charge in [-0.15, -0.1) is 0 Å². The Bertz CT molecular complexity index is 729. The largest absolute Gasteiger partial charge is 0.309 e. The third-order valence-electron chi connectivity index (χ3n) is 4.28. The lowest BCUT2D eigenvalue weighted by Crippen LogP contribution is -2.22. The van der Waals surface area contributed by atoms with Crippen molar-refractivity contribution in [2.45, 2.75) is 19.6 Å². The maximum atomic E-state index is 12.5. The Morgan fingerprint density at radius 3 is 2.62 bits per heavy atom. The second-order valence-electron chi connectivity index (χ2n) is 5.59. The SMILES string of the molecule is C=C1c2ccccc2C(=O)N1Cc1ccc2c(c1)CNC2. The van der Waals surface area contributed by atoms with E-state index in [9.17, 15) is 4.79 Å². The molecule has 1 N–H and O–H groups in total. The maximum Gasteiger partial charge on any atom is 0.259 e. The Morgan fingerprint density at radius 1 is 1.05 bits per heavy atom. The molecule has 21 heavy (non-hydrogen) atoms. The zero-order chi connectivity index (χ0) is 14.4. The van der Waals surface area contributed by atoms with Crippen molar-refractivity contribution >= 4 is 11.6 Å². The maximum absolute atomic E-state index is 12.5. The van der Waals surface area contributed by atoms with Crippen LogP contribution < -0.4 is 5.32 Å². The van der Waals surface area contributed by atoms with Gasteiger partial charge in [-0.1, -0.05) is 43.0 Å². The molecule has 1 amide bonds. The monoisotopic (exact) mass is 276 g/mol. The van der Waals surface area contributed by atoms with Gasteiger partial charge in [0, 0.05) is 29.9 Å². The molecule has 104 valence electrons. The van der Waals surface area contributed by atoms with Gasteiger partial charge < -0.3 is 10.2 Å². The minimum atomic E-state index is 0.0502. The van der Waals surface area contributed by atoms with Crippen LogP contribution >= 0.6 is 0 Å². The van der Waals surface area contributed by atoms with Crippen molar-refractivity contribution in [3.63, 3.8) is 0 Å². The van der Waals surface area contributed by atoms with Crippen LogP contribution in [0.15, 0.2) is 49.0 Å². The molecule has 3 heteroatoms. The molecular formula is C18H16N2O. The van der Waals surface area contributed by atoms with E-state index in [0.29, 0.717) is 6.54 Å². The molecule has 2 heterocycles. The van der Waals surface area contributed by atoms with Crippen molar-refractivity contribution in [2.75, 3.05) is 0 Å². The number of amides is 1. The van der Waals surface area contributed by atoms with Gasteiger partial charge in [-0.3, -0.25) is 4.79 Å². The van der Waals surface area contributed by atoms with Crippen LogP contribution in [0.1, 0.15) is 32.6 Å². The summed E-state index contributed by atoms with van der Waals surface area (Å²) in [6, 6.07) is 14.1. The van der Waals surface area contributed by atoms with E-state index in [4.69, 9.17) is 0 Å². The molecule has 4 rings (SSSR count). The summed E-state index contributed by atoms with van der Waals surface area (Å²) in [5, 5.41) is 3.34. The van der Waals surface area contributed by atoms with Crippen LogP contribution in [0.5, 0.6) is 0 Å². The second-order valence-corrected chi connectivity index (χ2v) is 5.59. The van der Waals surface area contributed by atoms with Crippen LogP contribution in [0.3, 0.4) is 0 Å². The second kappa shape index (κ2) is 4.57. The van der Waals surface area contributed by atoms with Crippen LogP contribution in [-0.4, -0.2) is 10.8 Å². The number of nitrogens with zero attached hydrogens (tertiary/aromatic N) is 1. The van der Waals surface area contributed by atoms with Gasteiger partial charge in [0.15, 0.2) is 0 Å². The highest BCUT2D eigenvalue weighted by molar-refractivity contribution is 6.08. The van der Waals surface area contributed by atoms with Crippen LogP contribution in [0.2, 0.25) is 0 Å². The van der Waals surface area contributed by atoms with Crippen molar-refractivity contribution in [3.05, 3.63) is 76.9 Å². The molecule has 2 aliphatic heterocycles. The molecule has 0 fully saturated rings. The molecule has 0 aromatic heterocycles. The Morgan fingerprint density at radius 2 is 1.81 bits per heavy atom. The van der Waals surface area contributed by atoms with E-state index in [1.54, 1.807) is 4.90 Å². The number of carbonyl (C=O) groups is 1. The van der Waals surface area contributed by atoms with Crippen LogP contribution in [0.4, 0.5) is 0 Å². The average molecular weight is 276 g/mol. The molecule has 3 nitrogen and oxygen atoms in total. The number of hydrogen-bond donors (Lipinski definition) is 1. The predicted octanol–water partition coefficient (Wildman–Crippen LogP) is 2.92. The normalized spacial score (nSPS) is 16.3. The summed E-state index contributed by atoms with van der Waals surface area (Å²) < 4.78 is 0. The Labute approximate surface area is 123 Å². The molecule has 0 atom stereocenters. The van der Waals surface area contributed by atoms with Crippen molar-refractivity contribution < 1.29 is 4.79 Å². The van der Waals surface area contributed by atoms with Gasteiger partial charge in [-0.25, -0.2) is 0 Å². The third-order valence-corrected chi connectivity index (χ3v) is 4.28. The smallest absolute Gasteiger partial charge is 0.259 e. The van der Waals surface area contributed by atoms with Gasteiger partial charge in [0.2, 0.25) is 0 Å². The molecular weight excluding hydrogens is 260 g/mol. The first-order valence-electron chi connectivity index (χ1n) is 7.15. The van der Waals surface area contributed by atoms with E-state index in [1.807, 2.05) is 24.3 Å². The molecule has 2 aromatic carbocycles. The fraction of sp³-hybridized carbons (Fsp3) is 0.167. The zero-order valence-electron chi connectivity index (χ0n) is 11.7. The molecule has 2 aliphatic rings. The standard InChI is InChI=1S/C18H16N2O/c1-12-16-4-2-3-5-17(16)18(21)20(12)11-13-6-7-14-9-19-10-15(14)8-13/h2-8,19H,1,9-11H2. The number of fused-ring (bicyclic) bond motifs is 2. The first-order chi connectivity index (χ1) is 10.2. The third kappa shape index (κ3) is 1.89.